The summed E-state index contributed by atoms with van der Waals surface area (Å²) in [7, 11) is 1.67. The SMILES string of the molecule is CCO[C@]1(C)CNC[C@@H](C(=O)N[C@H](C#N)Cc2ccc(-c3ccc4oc(=O)n(C)c4c3)cc2)OC1. The maximum atomic E-state index is 12.8. The van der Waals surface area contributed by atoms with Gasteiger partial charge in [0.25, 0.3) is 5.91 Å². The maximum absolute atomic E-state index is 12.8. The Morgan fingerprint density at radius 3 is 2.77 bits per heavy atom. The number of rotatable bonds is 7. The molecule has 3 atom stereocenters. The molecule has 1 saturated heterocycles. The van der Waals surface area contributed by atoms with E-state index in [0.29, 0.717) is 38.3 Å². The van der Waals surface area contributed by atoms with Gasteiger partial charge in [0, 0.05) is 33.2 Å². The highest BCUT2D eigenvalue weighted by Gasteiger charge is 2.33. The highest BCUT2D eigenvalue weighted by atomic mass is 16.6. The van der Waals surface area contributed by atoms with Gasteiger partial charge >= 0.3 is 5.76 Å². The Balaban J connectivity index is 1.38. The Kier molecular flexibility index (Phi) is 7.36. The van der Waals surface area contributed by atoms with Gasteiger partial charge in [0.05, 0.1) is 18.2 Å². The highest BCUT2D eigenvalue weighted by molar-refractivity contribution is 5.82. The molecular formula is C26H30N4O5. The number of oxazole rings is 1. The summed E-state index contributed by atoms with van der Waals surface area (Å²) in [6.07, 6.45) is -0.321. The van der Waals surface area contributed by atoms with Gasteiger partial charge in [-0.25, -0.2) is 4.79 Å². The van der Waals surface area contributed by atoms with Crippen LogP contribution in [0.4, 0.5) is 0 Å². The number of hydrogen-bond donors (Lipinski definition) is 2. The standard InChI is InChI=1S/C26H30N4O5/c1-4-34-26(2)15-28-14-23(33-16-26)24(31)29-20(13-27)11-17-5-7-18(8-6-17)19-9-10-22-21(12-19)30(3)25(32)35-22/h5-10,12,20,23,28H,4,11,14-16H2,1-3H3,(H,29,31)/t20-,23-,26+/m0/s1. The van der Waals surface area contributed by atoms with E-state index in [1.165, 1.54) is 4.57 Å². The average Bonchev–Trinajstić information content (AvgIpc) is 3.00. The van der Waals surface area contributed by atoms with Crippen LogP contribution in [0.3, 0.4) is 0 Å². The molecule has 9 heteroatoms. The van der Waals surface area contributed by atoms with Gasteiger partial charge in [-0.2, -0.15) is 5.26 Å². The largest absolute Gasteiger partial charge is 0.419 e. The average molecular weight is 479 g/mol. The third-order valence-electron chi connectivity index (χ3n) is 6.19. The van der Waals surface area contributed by atoms with Gasteiger partial charge in [-0.3, -0.25) is 9.36 Å². The van der Waals surface area contributed by atoms with Crippen LogP contribution in [0.25, 0.3) is 22.2 Å². The van der Waals surface area contributed by atoms with Crippen molar-refractivity contribution in [3.05, 3.63) is 58.6 Å². The Morgan fingerprint density at radius 2 is 2.06 bits per heavy atom. The number of ether oxygens (including phenoxy) is 2. The molecule has 0 spiro atoms. The summed E-state index contributed by atoms with van der Waals surface area (Å²) >= 11 is 0. The first-order chi connectivity index (χ1) is 16.8. The van der Waals surface area contributed by atoms with Gasteiger partial charge in [-0.1, -0.05) is 30.3 Å². The van der Waals surface area contributed by atoms with Gasteiger partial charge in [0.15, 0.2) is 5.58 Å². The Bertz CT molecular complexity index is 1290. The molecule has 1 aliphatic rings. The summed E-state index contributed by atoms with van der Waals surface area (Å²) < 4.78 is 18.2. The van der Waals surface area contributed by atoms with Crippen LogP contribution in [0.5, 0.6) is 0 Å². The minimum atomic E-state index is -0.690. The van der Waals surface area contributed by atoms with Gasteiger partial charge in [-0.05, 0) is 42.7 Å². The van der Waals surface area contributed by atoms with Crippen LogP contribution >= 0.6 is 0 Å². The van der Waals surface area contributed by atoms with E-state index in [1.807, 2.05) is 50.2 Å². The second-order valence-electron chi connectivity index (χ2n) is 9.01. The number of hydrogen-bond acceptors (Lipinski definition) is 7. The van der Waals surface area contributed by atoms with Crippen molar-refractivity contribution in [2.24, 2.45) is 7.05 Å². The number of nitriles is 1. The summed E-state index contributed by atoms with van der Waals surface area (Å²) in [5.41, 5.74) is 3.61. The van der Waals surface area contributed by atoms with Crippen molar-refractivity contribution in [1.29, 1.82) is 5.26 Å². The molecule has 9 nitrogen and oxygen atoms in total. The van der Waals surface area contributed by atoms with Gasteiger partial charge in [0.1, 0.15) is 17.7 Å². The molecule has 2 heterocycles. The minimum absolute atomic E-state index is 0.295. The highest BCUT2D eigenvalue weighted by Crippen LogP contribution is 2.24. The number of amides is 1. The van der Waals surface area contributed by atoms with Crippen LogP contribution in [0, 0.1) is 11.3 Å². The molecule has 3 aromatic rings. The number of nitrogens with zero attached hydrogens (tertiary/aromatic N) is 2. The fourth-order valence-corrected chi connectivity index (χ4v) is 4.23. The molecule has 0 bridgehead atoms. The lowest BCUT2D eigenvalue weighted by molar-refractivity contribution is -0.137. The molecule has 2 N–H and O–H groups in total. The molecule has 4 rings (SSSR count). The molecule has 1 aliphatic heterocycles. The number of carbonyl (C=O) groups excluding carboxylic acids is 1. The zero-order valence-corrected chi connectivity index (χ0v) is 20.2. The van der Waals surface area contributed by atoms with Gasteiger partial charge in [0.2, 0.25) is 0 Å². The van der Waals surface area contributed by atoms with Crippen LogP contribution < -0.4 is 16.4 Å². The molecule has 184 valence electrons. The lowest BCUT2D eigenvalue weighted by Gasteiger charge is -2.27. The van der Waals surface area contributed by atoms with Crippen molar-refractivity contribution in [3.8, 4) is 17.2 Å². The molecule has 1 amide bonds. The van der Waals surface area contributed by atoms with E-state index < -0.39 is 23.5 Å². The number of aromatic nitrogens is 1. The fraction of sp³-hybridized carbons (Fsp3) is 0.423. The van der Waals surface area contributed by atoms with Crippen molar-refractivity contribution in [2.45, 2.75) is 38.0 Å². The summed E-state index contributed by atoms with van der Waals surface area (Å²) in [6, 6.07) is 14.9. The monoisotopic (exact) mass is 478 g/mol. The van der Waals surface area contributed by atoms with Crippen molar-refractivity contribution in [2.75, 3.05) is 26.3 Å². The number of carbonyl (C=O) groups is 1. The van der Waals surface area contributed by atoms with E-state index in [1.54, 1.807) is 13.1 Å². The van der Waals surface area contributed by atoms with Crippen molar-refractivity contribution < 1.29 is 18.7 Å². The lowest BCUT2D eigenvalue weighted by atomic mass is 10.0. The van der Waals surface area contributed by atoms with E-state index >= 15 is 0 Å². The van der Waals surface area contributed by atoms with E-state index in [4.69, 9.17) is 13.9 Å². The van der Waals surface area contributed by atoms with Gasteiger partial charge < -0.3 is 24.5 Å². The first-order valence-electron chi connectivity index (χ1n) is 11.7. The number of benzene rings is 2. The second kappa shape index (κ2) is 10.4. The van der Waals surface area contributed by atoms with Crippen LogP contribution in [0.15, 0.2) is 51.7 Å². The van der Waals surface area contributed by atoms with E-state index in [2.05, 4.69) is 16.7 Å². The van der Waals surface area contributed by atoms with Crippen LogP contribution in [-0.4, -0.2) is 54.5 Å². The quantitative estimate of drug-likeness (QED) is 0.534. The van der Waals surface area contributed by atoms with Crippen LogP contribution in [0.2, 0.25) is 0 Å². The number of fused-ring (bicyclic) bond motifs is 1. The molecule has 2 aromatic carbocycles. The topological polar surface area (TPSA) is 119 Å². The van der Waals surface area contributed by atoms with E-state index in [0.717, 1.165) is 22.2 Å². The Hall–Kier alpha value is -3.45. The molecule has 35 heavy (non-hydrogen) atoms. The summed E-state index contributed by atoms with van der Waals surface area (Å²) in [5, 5.41) is 15.6. The molecule has 1 fully saturated rings. The first kappa shape index (κ1) is 24.7. The normalized spacial score (nSPS) is 21.3. The molecule has 0 aliphatic carbocycles. The smallest absolute Gasteiger partial charge is 0.408 e. The fourth-order valence-electron chi connectivity index (χ4n) is 4.23. The molecular weight excluding hydrogens is 448 g/mol. The first-order valence-corrected chi connectivity index (χ1v) is 11.7. The van der Waals surface area contributed by atoms with Crippen LogP contribution in [0.1, 0.15) is 19.4 Å². The molecule has 0 radical (unpaired) electrons. The van der Waals surface area contributed by atoms with Crippen LogP contribution in [-0.2, 0) is 27.7 Å². The maximum Gasteiger partial charge on any atom is 0.419 e. The zero-order valence-electron chi connectivity index (χ0n) is 20.2. The lowest BCUT2D eigenvalue weighted by Crippen LogP contribution is -2.46. The summed E-state index contributed by atoms with van der Waals surface area (Å²) in [4.78, 5) is 24.5. The minimum Gasteiger partial charge on any atom is -0.408 e. The molecule has 1 aromatic heterocycles. The summed E-state index contributed by atoms with van der Waals surface area (Å²) in [6.45, 7) is 5.66. The van der Waals surface area contributed by atoms with Crippen molar-refractivity contribution in [1.82, 2.24) is 15.2 Å². The van der Waals surface area contributed by atoms with Gasteiger partial charge in [-0.15, -0.1) is 0 Å². The molecule has 0 unspecified atom stereocenters. The summed E-state index contributed by atoms with van der Waals surface area (Å²) in [5.74, 6) is -0.717. The number of nitrogens with one attached hydrogen (secondary N) is 2. The Morgan fingerprint density at radius 1 is 1.31 bits per heavy atom. The molecule has 0 saturated carbocycles. The van der Waals surface area contributed by atoms with Crippen molar-refractivity contribution in [3.63, 3.8) is 0 Å². The van der Waals surface area contributed by atoms with E-state index in [9.17, 15) is 14.9 Å². The van der Waals surface area contributed by atoms with Crippen molar-refractivity contribution >= 4 is 17.0 Å². The van der Waals surface area contributed by atoms with E-state index in [-0.39, 0.29) is 5.91 Å². The third kappa shape index (κ3) is 5.62. The third-order valence-corrected chi connectivity index (χ3v) is 6.19. The Labute approximate surface area is 203 Å². The predicted molar refractivity (Wildman–Crippen MR) is 131 cm³/mol. The number of aryl methyl sites for hydroxylation is 1. The second-order valence-corrected chi connectivity index (χ2v) is 9.01. The zero-order chi connectivity index (χ0) is 25.0. The predicted octanol–water partition coefficient (Wildman–Crippen LogP) is 2.13.